The smallest absolute Gasteiger partial charge is 0.219 e. The fraction of sp³-hybridized carbons (Fsp3) is 0.812. The van der Waals surface area contributed by atoms with Crippen LogP contribution in [0.15, 0.2) is 0 Å². The number of hydrogen-bond acceptors (Lipinski definition) is 4. The van der Waals surface area contributed by atoms with E-state index >= 15 is 0 Å². The van der Waals surface area contributed by atoms with Crippen LogP contribution >= 0.6 is 0 Å². The van der Waals surface area contributed by atoms with E-state index in [1.165, 1.54) is 38.5 Å². The van der Waals surface area contributed by atoms with E-state index in [1.807, 2.05) is 0 Å². The van der Waals surface area contributed by atoms with Crippen molar-refractivity contribution in [1.29, 1.82) is 0 Å². The Balaban J connectivity index is 1.38. The zero-order valence-electron chi connectivity index (χ0n) is 13.3. The molecule has 6 heteroatoms. The highest BCUT2D eigenvalue weighted by Gasteiger charge is 2.35. The molecule has 2 heterocycles. The van der Waals surface area contributed by atoms with Gasteiger partial charge in [-0.3, -0.25) is 14.8 Å². The largest absolute Gasteiger partial charge is 0.338 e. The quantitative estimate of drug-likeness (QED) is 0.868. The summed E-state index contributed by atoms with van der Waals surface area (Å²) < 4.78 is 0. The van der Waals surface area contributed by atoms with Crippen molar-refractivity contribution >= 4 is 5.91 Å². The zero-order valence-corrected chi connectivity index (χ0v) is 13.3. The van der Waals surface area contributed by atoms with Gasteiger partial charge in [-0.05, 0) is 45.1 Å². The van der Waals surface area contributed by atoms with Crippen molar-refractivity contribution < 1.29 is 4.79 Å². The summed E-state index contributed by atoms with van der Waals surface area (Å²) >= 11 is 0. The van der Waals surface area contributed by atoms with Gasteiger partial charge in [0.15, 0.2) is 5.82 Å². The maximum absolute atomic E-state index is 11.8. The Morgan fingerprint density at radius 2 is 2.14 bits per heavy atom. The Hall–Kier alpha value is -1.43. The lowest BCUT2D eigenvalue weighted by atomic mass is 10.2. The van der Waals surface area contributed by atoms with E-state index < -0.39 is 0 Å². The lowest BCUT2D eigenvalue weighted by Gasteiger charge is -2.30. The summed E-state index contributed by atoms with van der Waals surface area (Å²) in [5.41, 5.74) is 0. The van der Waals surface area contributed by atoms with Crippen LogP contribution in [0.3, 0.4) is 0 Å². The molecule has 0 aromatic carbocycles. The minimum absolute atomic E-state index is 0.227. The molecule has 22 heavy (non-hydrogen) atoms. The standard InChI is InChI=1S/C16H25N5O/c1-11(22)21(13-6-7-13)9-14-3-2-8-20(14)10-15-17-16(19-18-15)12-4-5-12/h12-14H,2-10H2,1H3,(H,17,18,19)/t14-/m0/s1. The molecule has 0 radical (unpaired) electrons. The van der Waals surface area contributed by atoms with Crippen molar-refractivity contribution in [1.82, 2.24) is 25.0 Å². The average Bonchev–Trinajstić information content (AvgIpc) is 3.42. The maximum atomic E-state index is 11.8. The highest BCUT2D eigenvalue weighted by atomic mass is 16.2. The molecule has 4 rings (SSSR count). The minimum Gasteiger partial charge on any atom is -0.338 e. The molecule has 1 amide bonds. The van der Waals surface area contributed by atoms with Gasteiger partial charge in [-0.1, -0.05) is 0 Å². The minimum atomic E-state index is 0.227. The molecule has 3 fully saturated rings. The molecule has 6 nitrogen and oxygen atoms in total. The Labute approximate surface area is 131 Å². The van der Waals surface area contributed by atoms with Crippen molar-refractivity contribution in [2.45, 2.75) is 70.0 Å². The summed E-state index contributed by atoms with van der Waals surface area (Å²) in [5.74, 6) is 2.80. The van der Waals surface area contributed by atoms with Crippen LogP contribution in [0.25, 0.3) is 0 Å². The lowest BCUT2D eigenvalue weighted by molar-refractivity contribution is -0.130. The third-order valence-corrected chi connectivity index (χ3v) is 5.14. The first-order valence-corrected chi connectivity index (χ1v) is 8.63. The normalized spacial score (nSPS) is 25.6. The van der Waals surface area contributed by atoms with Gasteiger partial charge in [0.05, 0.1) is 6.54 Å². The van der Waals surface area contributed by atoms with E-state index in [4.69, 9.17) is 0 Å². The van der Waals surface area contributed by atoms with Crippen molar-refractivity contribution in [3.05, 3.63) is 11.6 Å². The van der Waals surface area contributed by atoms with Crippen molar-refractivity contribution in [3.63, 3.8) is 0 Å². The first-order chi connectivity index (χ1) is 10.7. The highest BCUT2D eigenvalue weighted by Crippen LogP contribution is 2.38. The number of nitrogens with one attached hydrogen (secondary N) is 1. The van der Waals surface area contributed by atoms with Gasteiger partial charge in [0.1, 0.15) is 5.82 Å². The number of likely N-dealkylation sites (tertiary alicyclic amines) is 1. The van der Waals surface area contributed by atoms with Gasteiger partial charge in [0.25, 0.3) is 0 Å². The predicted molar refractivity (Wildman–Crippen MR) is 82.2 cm³/mol. The Morgan fingerprint density at radius 3 is 2.82 bits per heavy atom. The molecule has 0 spiro atoms. The number of amides is 1. The van der Waals surface area contributed by atoms with Gasteiger partial charge in [-0.15, -0.1) is 0 Å². The van der Waals surface area contributed by atoms with Crippen LogP contribution in [-0.2, 0) is 11.3 Å². The fourth-order valence-corrected chi connectivity index (χ4v) is 3.56. The molecule has 1 saturated heterocycles. The second-order valence-corrected chi connectivity index (χ2v) is 7.08. The Kier molecular flexibility index (Phi) is 3.64. The van der Waals surface area contributed by atoms with Gasteiger partial charge < -0.3 is 4.90 Å². The topological polar surface area (TPSA) is 65.1 Å². The second kappa shape index (κ2) is 5.65. The summed E-state index contributed by atoms with van der Waals surface area (Å²) in [4.78, 5) is 21.0. The third-order valence-electron chi connectivity index (χ3n) is 5.14. The van der Waals surface area contributed by atoms with E-state index in [-0.39, 0.29) is 5.91 Å². The summed E-state index contributed by atoms with van der Waals surface area (Å²) in [7, 11) is 0. The number of aromatic nitrogens is 3. The number of aromatic amines is 1. The van der Waals surface area contributed by atoms with Crippen molar-refractivity contribution in [3.8, 4) is 0 Å². The summed E-state index contributed by atoms with van der Waals surface area (Å²) in [6.07, 6.45) is 7.22. The molecule has 1 N–H and O–H groups in total. The van der Waals surface area contributed by atoms with Gasteiger partial charge in [0, 0.05) is 31.5 Å². The van der Waals surface area contributed by atoms with E-state index in [0.29, 0.717) is 18.0 Å². The molecule has 120 valence electrons. The van der Waals surface area contributed by atoms with Crippen LogP contribution in [-0.4, -0.2) is 56.1 Å². The maximum Gasteiger partial charge on any atom is 0.219 e. The van der Waals surface area contributed by atoms with Crippen LogP contribution < -0.4 is 0 Å². The average molecular weight is 303 g/mol. The Morgan fingerprint density at radius 1 is 1.32 bits per heavy atom. The SMILES string of the molecule is CC(=O)N(C[C@@H]1CCCN1Cc1nc(C2CC2)n[nH]1)C1CC1. The number of nitrogens with zero attached hydrogens (tertiary/aromatic N) is 4. The predicted octanol–water partition coefficient (Wildman–Crippen LogP) is 1.66. The second-order valence-electron chi connectivity index (χ2n) is 7.08. The first kappa shape index (κ1) is 14.2. The van der Waals surface area contributed by atoms with E-state index in [9.17, 15) is 4.79 Å². The highest BCUT2D eigenvalue weighted by molar-refractivity contribution is 5.74. The van der Waals surface area contributed by atoms with Gasteiger partial charge >= 0.3 is 0 Å². The lowest BCUT2D eigenvalue weighted by Crippen LogP contribution is -2.43. The number of rotatable bonds is 6. The summed E-state index contributed by atoms with van der Waals surface area (Å²) in [6, 6.07) is 0.977. The number of hydrogen-bond donors (Lipinski definition) is 1. The van der Waals surface area contributed by atoms with Crippen molar-refractivity contribution in [2.24, 2.45) is 0 Å². The number of H-pyrrole nitrogens is 1. The van der Waals surface area contributed by atoms with Crippen LogP contribution in [0.5, 0.6) is 0 Å². The van der Waals surface area contributed by atoms with E-state index in [2.05, 4.69) is 25.0 Å². The van der Waals surface area contributed by atoms with Crippen LogP contribution in [0.2, 0.25) is 0 Å². The summed E-state index contributed by atoms with van der Waals surface area (Å²) in [5, 5.41) is 7.45. The Bertz CT molecular complexity index is 548. The number of carbonyl (C=O) groups excluding carboxylic acids is 1. The van der Waals surface area contributed by atoms with Crippen LogP contribution in [0.4, 0.5) is 0 Å². The number of carbonyl (C=O) groups is 1. The molecule has 1 atom stereocenters. The molecule has 0 bridgehead atoms. The molecular weight excluding hydrogens is 278 g/mol. The molecule has 0 unspecified atom stereocenters. The molecule has 1 aliphatic heterocycles. The molecule has 1 aromatic rings. The van der Waals surface area contributed by atoms with E-state index in [1.54, 1.807) is 6.92 Å². The van der Waals surface area contributed by atoms with Crippen LogP contribution in [0, 0.1) is 0 Å². The van der Waals surface area contributed by atoms with Gasteiger partial charge in [0.2, 0.25) is 5.91 Å². The molecular formula is C16H25N5O. The fourth-order valence-electron chi connectivity index (χ4n) is 3.56. The monoisotopic (exact) mass is 303 g/mol. The van der Waals surface area contributed by atoms with Gasteiger partial charge in [-0.25, -0.2) is 4.98 Å². The third kappa shape index (κ3) is 3.02. The van der Waals surface area contributed by atoms with Gasteiger partial charge in [-0.2, -0.15) is 5.10 Å². The zero-order chi connectivity index (χ0) is 15.1. The van der Waals surface area contributed by atoms with E-state index in [0.717, 1.165) is 31.3 Å². The molecule has 3 aliphatic rings. The molecule has 1 aromatic heterocycles. The van der Waals surface area contributed by atoms with Crippen molar-refractivity contribution in [2.75, 3.05) is 13.1 Å². The summed E-state index contributed by atoms with van der Waals surface area (Å²) in [6.45, 7) is 4.51. The molecule has 2 aliphatic carbocycles. The first-order valence-electron chi connectivity index (χ1n) is 8.63. The molecule has 2 saturated carbocycles. The van der Waals surface area contributed by atoms with Crippen LogP contribution in [0.1, 0.15) is 63.0 Å².